The zero-order valence-corrected chi connectivity index (χ0v) is 24.2. The van der Waals surface area contributed by atoms with E-state index < -0.39 is 36.9 Å². The molecular formula is C24H37FN8O12. The Bertz CT molecular complexity index is 1190. The first-order valence-corrected chi connectivity index (χ1v) is 13.2. The molecule has 0 aliphatic rings. The van der Waals surface area contributed by atoms with Crippen LogP contribution < -0.4 is 22.5 Å². The molecule has 45 heavy (non-hydrogen) atoms. The molecule has 0 saturated carbocycles. The molecule has 0 aliphatic heterocycles. The topological polar surface area (TPSA) is 300 Å². The average Bonchev–Trinajstić information content (AvgIpc) is 3.00. The van der Waals surface area contributed by atoms with Gasteiger partial charge in [-0.1, -0.05) is 0 Å². The van der Waals surface area contributed by atoms with Gasteiger partial charge in [-0.05, 0) is 12.1 Å². The van der Waals surface area contributed by atoms with Gasteiger partial charge in [0.25, 0.3) is 17.1 Å². The zero-order valence-electron chi connectivity index (χ0n) is 24.2. The summed E-state index contributed by atoms with van der Waals surface area (Å²) in [5.41, 5.74) is 13.7. The molecule has 0 unspecified atom stereocenters. The summed E-state index contributed by atoms with van der Waals surface area (Å²) >= 11 is 0. The third kappa shape index (κ3) is 18.7. The van der Waals surface area contributed by atoms with E-state index in [-0.39, 0.29) is 17.1 Å². The van der Waals surface area contributed by atoms with Crippen LogP contribution >= 0.6 is 0 Å². The van der Waals surface area contributed by atoms with Crippen molar-refractivity contribution in [1.29, 1.82) is 0 Å². The maximum Gasteiger partial charge on any atom is 0.311 e. The number of non-ortho nitro benzene ring substituents is 2. The summed E-state index contributed by atoms with van der Waals surface area (Å²) in [6, 6.07) is 5.56. The minimum Gasteiger partial charge on any atom is -0.378 e. The SMILES string of the molecule is NCCOCCOCCN.NCCOCCOCCNc1ccc([N+](=O)[O-])cc1[N+](=O)[O-].O=[N+]([O-])c1ccc(F)c([N+](=O)[O-])c1. The van der Waals surface area contributed by atoms with E-state index in [1.54, 1.807) is 0 Å². The molecule has 0 spiro atoms. The molecule has 0 amide bonds. The fourth-order valence-corrected chi connectivity index (χ4v) is 2.84. The number of halogens is 1. The van der Waals surface area contributed by atoms with Gasteiger partial charge in [-0.2, -0.15) is 4.39 Å². The number of nitrogens with one attached hydrogen (secondary N) is 1. The Kier molecular flexibility index (Phi) is 22.4. The monoisotopic (exact) mass is 648 g/mol. The van der Waals surface area contributed by atoms with Gasteiger partial charge in [0.05, 0.1) is 84.7 Å². The minimum absolute atomic E-state index is 0.207. The fourth-order valence-electron chi connectivity index (χ4n) is 2.84. The summed E-state index contributed by atoms with van der Waals surface area (Å²) < 4.78 is 33.1. The van der Waals surface area contributed by atoms with Crippen LogP contribution in [0.1, 0.15) is 0 Å². The lowest BCUT2D eigenvalue weighted by molar-refractivity contribution is -0.395. The van der Waals surface area contributed by atoms with Crippen molar-refractivity contribution in [3.63, 3.8) is 0 Å². The van der Waals surface area contributed by atoms with Crippen LogP contribution in [0.3, 0.4) is 0 Å². The van der Waals surface area contributed by atoms with Crippen LogP contribution in [0.15, 0.2) is 36.4 Å². The molecule has 2 aromatic carbocycles. The van der Waals surface area contributed by atoms with E-state index in [0.29, 0.717) is 91.2 Å². The average molecular weight is 649 g/mol. The highest BCUT2D eigenvalue weighted by atomic mass is 19.1. The number of hydrogen-bond donors (Lipinski definition) is 4. The number of benzene rings is 2. The number of hydrogen-bond acceptors (Lipinski definition) is 16. The third-order valence-corrected chi connectivity index (χ3v) is 4.82. The molecule has 0 radical (unpaired) electrons. The lowest BCUT2D eigenvalue weighted by Gasteiger charge is -2.08. The molecule has 0 bridgehead atoms. The molecular weight excluding hydrogens is 611 g/mol. The van der Waals surface area contributed by atoms with Gasteiger partial charge in [-0.25, -0.2) is 0 Å². The zero-order chi connectivity index (χ0) is 34.0. The number of nitrogens with two attached hydrogens (primary N) is 3. The lowest BCUT2D eigenvalue weighted by Crippen LogP contribution is -2.15. The first-order chi connectivity index (χ1) is 21.5. The smallest absolute Gasteiger partial charge is 0.311 e. The van der Waals surface area contributed by atoms with Gasteiger partial charge in [0.1, 0.15) is 5.69 Å². The molecule has 0 aromatic heterocycles. The van der Waals surface area contributed by atoms with Crippen molar-refractivity contribution in [2.24, 2.45) is 17.2 Å². The molecule has 21 heteroatoms. The molecule has 0 aliphatic carbocycles. The maximum absolute atomic E-state index is 12.6. The highest BCUT2D eigenvalue weighted by Gasteiger charge is 2.20. The Hall–Kier alpha value is -4.51. The van der Waals surface area contributed by atoms with Gasteiger partial charge in [-0.15, -0.1) is 0 Å². The fraction of sp³-hybridized carbons (Fsp3) is 0.500. The van der Waals surface area contributed by atoms with Gasteiger partial charge in [0, 0.05) is 38.3 Å². The second-order valence-corrected chi connectivity index (χ2v) is 8.11. The Morgan fingerprint density at radius 2 is 0.978 bits per heavy atom. The summed E-state index contributed by atoms with van der Waals surface area (Å²) in [6.07, 6.45) is 0. The number of nitro benzene ring substituents is 4. The Morgan fingerprint density at radius 3 is 1.38 bits per heavy atom. The quantitative estimate of drug-likeness (QED) is 0.0897. The van der Waals surface area contributed by atoms with Crippen molar-refractivity contribution in [3.05, 3.63) is 82.7 Å². The van der Waals surface area contributed by atoms with Gasteiger partial charge in [-0.3, -0.25) is 40.5 Å². The molecule has 7 N–H and O–H groups in total. The summed E-state index contributed by atoms with van der Waals surface area (Å²) in [5.74, 6) is -1.09. The van der Waals surface area contributed by atoms with Crippen LogP contribution in [0.25, 0.3) is 0 Å². The third-order valence-electron chi connectivity index (χ3n) is 4.82. The number of rotatable bonds is 20. The second kappa shape index (κ2) is 24.9. The summed E-state index contributed by atoms with van der Waals surface area (Å²) in [4.78, 5) is 38.6. The minimum atomic E-state index is -1.09. The first kappa shape index (κ1) is 40.5. The van der Waals surface area contributed by atoms with Crippen molar-refractivity contribution >= 4 is 28.4 Å². The van der Waals surface area contributed by atoms with Crippen molar-refractivity contribution < 1.29 is 43.0 Å². The van der Waals surface area contributed by atoms with Crippen LogP contribution in [0.4, 0.5) is 32.8 Å². The van der Waals surface area contributed by atoms with E-state index in [9.17, 15) is 44.8 Å². The van der Waals surface area contributed by atoms with Crippen LogP contribution in [-0.2, 0) is 18.9 Å². The lowest BCUT2D eigenvalue weighted by atomic mass is 10.2. The number of nitrogens with zero attached hydrogens (tertiary/aromatic N) is 4. The van der Waals surface area contributed by atoms with Crippen LogP contribution in [0, 0.1) is 46.3 Å². The van der Waals surface area contributed by atoms with Crippen molar-refractivity contribution in [2.75, 3.05) is 84.4 Å². The molecule has 0 heterocycles. The largest absolute Gasteiger partial charge is 0.378 e. The van der Waals surface area contributed by atoms with Gasteiger partial charge < -0.3 is 41.5 Å². The Labute approximate surface area is 256 Å². The first-order valence-electron chi connectivity index (χ1n) is 13.2. The number of nitro groups is 4. The number of ether oxygens (including phenoxy) is 4. The molecule has 0 fully saturated rings. The molecule has 20 nitrogen and oxygen atoms in total. The number of anilines is 1. The second-order valence-electron chi connectivity index (χ2n) is 8.11. The standard InChI is InChI=1S/C12H18N4O6.C6H3FN2O4.C6H16N2O2/c13-3-5-21-7-8-22-6-4-14-11-2-1-10(15(17)18)9-12(11)16(19)20;7-5-2-1-4(8(10)11)3-6(5)9(12)13;7-1-3-9-5-6-10-4-2-8/h1-2,9,14H,3-8,13H2;1-3H;1-8H2. The predicted molar refractivity (Wildman–Crippen MR) is 158 cm³/mol. The highest BCUT2D eigenvalue weighted by Crippen LogP contribution is 2.28. The Balaban J connectivity index is 0.000000713. The van der Waals surface area contributed by atoms with E-state index in [1.807, 2.05) is 0 Å². The highest BCUT2D eigenvalue weighted by molar-refractivity contribution is 5.65. The Morgan fingerprint density at radius 1 is 0.578 bits per heavy atom. The summed E-state index contributed by atoms with van der Waals surface area (Å²) in [6.45, 7) is 5.94. The van der Waals surface area contributed by atoms with Crippen molar-refractivity contribution in [2.45, 2.75) is 0 Å². The molecule has 2 rings (SSSR count). The normalized spacial score (nSPS) is 10.1. The predicted octanol–water partition coefficient (Wildman–Crippen LogP) is 1.49. The van der Waals surface area contributed by atoms with Gasteiger partial charge in [0.2, 0.25) is 5.82 Å². The van der Waals surface area contributed by atoms with E-state index in [1.165, 1.54) is 12.1 Å². The van der Waals surface area contributed by atoms with Crippen molar-refractivity contribution in [1.82, 2.24) is 0 Å². The van der Waals surface area contributed by atoms with E-state index in [4.69, 9.17) is 36.1 Å². The van der Waals surface area contributed by atoms with E-state index in [0.717, 1.165) is 12.1 Å². The van der Waals surface area contributed by atoms with E-state index >= 15 is 0 Å². The van der Waals surface area contributed by atoms with Crippen LogP contribution in [0.2, 0.25) is 0 Å². The molecule has 252 valence electrons. The van der Waals surface area contributed by atoms with Crippen LogP contribution in [-0.4, -0.2) is 98.7 Å². The van der Waals surface area contributed by atoms with Crippen LogP contribution in [0.5, 0.6) is 0 Å². The molecule has 0 saturated heterocycles. The van der Waals surface area contributed by atoms with E-state index in [2.05, 4.69) is 5.32 Å². The van der Waals surface area contributed by atoms with Crippen molar-refractivity contribution in [3.8, 4) is 0 Å². The van der Waals surface area contributed by atoms with Gasteiger partial charge in [0.15, 0.2) is 0 Å². The maximum atomic E-state index is 12.6. The summed E-state index contributed by atoms with van der Waals surface area (Å²) in [7, 11) is 0. The van der Waals surface area contributed by atoms with Gasteiger partial charge >= 0.3 is 5.69 Å². The molecule has 2 aromatic rings. The summed E-state index contributed by atoms with van der Waals surface area (Å²) in [5, 5.41) is 44.6. The molecule has 0 atom stereocenters.